The minimum Gasteiger partial charge on any atom is -0.353 e. The number of anilines is 1. The van der Waals surface area contributed by atoms with E-state index in [2.05, 4.69) is 15.4 Å². The summed E-state index contributed by atoms with van der Waals surface area (Å²) in [6.07, 6.45) is 1.90. The number of nitrogens with one attached hydrogen (secondary N) is 1. The standard InChI is InChI=1S/C15H14ClN5OS/c1-9-13(22)17-6-7-20(9)15-19-21-8-12(18-14(21)23-15)10-2-4-11(16)5-3-10/h2-5,8-9H,6-7H2,1H3,(H,17,22). The number of halogens is 1. The van der Waals surface area contributed by atoms with E-state index in [0.29, 0.717) is 11.6 Å². The molecule has 3 heterocycles. The van der Waals surface area contributed by atoms with Crippen LogP contribution in [-0.2, 0) is 4.79 Å². The zero-order valence-corrected chi connectivity index (χ0v) is 13.9. The van der Waals surface area contributed by atoms with Gasteiger partial charge in [0, 0.05) is 23.7 Å². The number of amides is 1. The zero-order valence-electron chi connectivity index (χ0n) is 12.4. The summed E-state index contributed by atoms with van der Waals surface area (Å²) in [5.74, 6) is 0.0333. The van der Waals surface area contributed by atoms with Crippen LogP contribution in [0.1, 0.15) is 6.92 Å². The monoisotopic (exact) mass is 347 g/mol. The number of piperazine rings is 1. The molecule has 1 saturated heterocycles. The highest BCUT2D eigenvalue weighted by atomic mass is 35.5. The number of carbonyl (C=O) groups excluding carboxylic acids is 1. The van der Waals surface area contributed by atoms with Gasteiger partial charge in [0.05, 0.1) is 11.9 Å². The quantitative estimate of drug-likeness (QED) is 0.773. The third-order valence-corrected chi connectivity index (χ3v) is 5.13. The Morgan fingerprint density at radius 3 is 2.87 bits per heavy atom. The average Bonchev–Trinajstić information content (AvgIpc) is 3.09. The molecule has 1 aromatic carbocycles. The molecule has 8 heteroatoms. The van der Waals surface area contributed by atoms with Crippen LogP contribution in [0, 0.1) is 0 Å². The van der Waals surface area contributed by atoms with Gasteiger partial charge < -0.3 is 10.2 Å². The molecule has 0 bridgehead atoms. The molecule has 1 unspecified atom stereocenters. The van der Waals surface area contributed by atoms with Crippen LogP contribution in [0.5, 0.6) is 0 Å². The molecule has 2 aromatic heterocycles. The van der Waals surface area contributed by atoms with Crippen molar-refractivity contribution in [2.75, 3.05) is 18.0 Å². The van der Waals surface area contributed by atoms with Crippen molar-refractivity contribution >= 4 is 38.9 Å². The summed E-state index contributed by atoms with van der Waals surface area (Å²) in [4.78, 5) is 19.2. The minimum absolute atomic E-state index is 0.0333. The number of hydrogen-bond donors (Lipinski definition) is 1. The summed E-state index contributed by atoms with van der Waals surface area (Å²) >= 11 is 7.40. The molecule has 118 valence electrons. The lowest BCUT2D eigenvalue weighted by atomic mass is 10.2. The fourth-order valence-corrected chi connectivity index (χ4v) is 3.72. The molecule has 6 nitrogen and oxygen atoms in total. The fraction of sp³-hybridized carbons (Fsp3) is 0.267. The first kappa shape index (κ1) is 14.5. The lowest BCUT2D eigenvalue weighted by Crippen LogP contribution is -2.54. The molecule has 1 fully saturated rings. The smallest absolute Gasteiger partial charge is 0.242 e. The van der Waals surface area contributed by atoms with Crippen LogP contribution in [0.2, 0.25) is 5.02 Å². The van der Waals surface area contributed by atoms with E-state index in [9.17, 15) is 4.79 Å². The van der Waals surface area contributed by atoms with Gasteiger partial charge in [-0.1, -0.05) is 35.1 Å². The fourth-order valence-electron chi connectivity index (χ4n) is 2.61. The maximum Gasteiger partial charge on any atom is 0.242 e. The topological polar surface area (TPSA) is 62.5 Å². The predicted octanol–water partition coefficient (Wildman–Crippen LogP) is 2.44. The van der Waals surface area contributed by atoms with Crippen molar-refractivity contribution in [3.63, 3.8) is 0 Å². The number of rotatable bonds is 2. The Hall–Kier alpha value is -2.12. The second-order valence-corrected chi connectivity index (χ2v) is 6.78. The van der Waals surface area contributed by atoms with Gasteiger partial charge in [-0.2, -0.15) is 0 Å². The molecule has 3 aromatic rings. The number of nitrogens with zero attached hydrogens (tertiary/aromatic N) is 4. The largest absolute Gasteiger partial charge is 0.353 e. The molecular formula is C15H14ClN5OS. The SMILES string of the molecule is CC1C(=O)NCCN1c1nn2cc(-c3ccc(Cl)cc3)nc2s1. The zero-order chi connectivity index (χ0) is 16.0. The third kappa shape index (κ3) is 2.55. The van der Waals surface area contributed by atoms with Crippen molar-refractivity contribution in [2.24, 2.45) is 0 Å². The van der Waals surface area contributed by atoms with E-state index >= 15 is 0 Å². The van der Waals surface area contributed by atoms with Crippen LogP contribution >= 0.6 is 22.9 Å². The molecule has 1 atom stereocenters. The Morgan fingerprint density at radius 1 is 1.35 bits per heavy atom. The highest BCUT2D eigenvalue weighted by molar-refractivity contribution is 7.20. The molecule has 1 aliphatic rings. The van der Waals surface area contributed by atoms with Crippen molar-refractivity contribution in [2.45, 2.75) is 13.0 Å². The molecule has 0 radical (unpaired) electrons. The summed E-state index contributed by atoms with van der Waals surface area (Å²) in [5, 5.41) is 8.95. The summed E-state index contributed by atoms with van der Waals surface area (Å²) in [6.45, 7) is 3.28. The summed E-state index contributed by atoms with van der Waals surface area (Å²) in [5.41, 5.74) is 1.86. The van der Waals surface area contributed by atoms with Crippen LogP contribution in [0.3, 0.4) is 0 Å². The first-order chi connectivity index (χ1) is 11.1. The van der Waals surface area contributed by atoms with Gasteiger partial charge in [0.1, 0.15) is 6.04 Å². The highest BCUT2D eigenvalue weighted by Crippen LogP contribution is 2.28. The molecule has 1 aliphatic heterocycles. The van der Waals surface area contributed by atoms with E-state index < -0.39 is 0 Å². The summed E-state index contributed by atoms with van der Waals surface area (Å²) in [7, 11) is 0. The highest BCUT2D eigenvalue weighted by Gasteiger charge is 2.28. The van der Waals surface area contributed by atoms with Crippen LogP contribution in [0.4, 0.5) is 5.13 Å². The molecular weight excluding hydrogens is 334 g/mol. The van der Waals surface area contributed by atoms with Crippen molar-refractivity contribution in [3.05, 3.63) is 35.5 Å². The normalized spacial score (nSPS) is 18.4. The van der Waals surface area contributed by atoms with Gasteiger partial charge in [0.15, 0.2) is 0 Å². The second-order valence-electron chi connectivity index (χ2n) is 5.41. The van der Waals surface area contributed by atoms with E-state index in [1.54, 1.807) is 4.52 Å². The molecule has 1 N–H and O–H groups in total. The van der Waals surface area contributed by atoms with Gasteiger partial charge in [-0.3, -0.25) is 4.79 Å². The molecule has 1 amide bonds. The molecule has 23 heavy (non-hydrogen) atoms. The Bertz CT molecular complexity index is 840. The van der Waals surface area contributed by atoms with Crippen molar-refractivity contribution in [1.29, 1.82) is 0 Å². The maximum atomic E-state index is 11.8. The average molecular weight is 348 g/mol. The van der Waals surface area contributed by atoms with E-state index in [1.807, 2.05) is 42.3 Å². The molecule has 0 saturated carbocycles. The Morgan fingerprint density at radius 2 is 2.13 bits per heavy atom. The van der Waals surface area contributed by atoms with Gasteiger partial charge in [0.2, 0.25) is 16.0 Å². The summed E-state index contributed by atoms with van der Waals surface area (Å²) < 4.78 is 1.77. The van der Waals surface area contributed by atoms with Crippen LogP contribution in [-0.4, -0.2) is 39.6 Å². The van der Waals surface area contributed by atoms with Gasteiger partial charge in [0.25, 0.3) is 0 Å². The first-order valence-corrected chi connectivity index (χ1v) is 8.48. The number of fused-ring (bicyclic) bond motifs is 1. The predicted molar refractivity (Wildman–Crippen MR) is 91.1 cm³/mol. The van der Waals surface area contributed by atoms with Crippen LogP contribution < -0.4 is 10.2 Å². The number of benzene rings is 1. The van der Waals surface area contributed by atoms with E-state index in [0.717, 1.165) is 27.9 Å². The lowest BCUT2D eigenvalue weighted by molar-refractivity contribution is -0.122. The van der Waals surface area contributed by atoms with Crippen molar-refractivity contribution in [1.82, 2.24) is 19.9 Å². The Balaban J connectivity index is 1.66. The van der Waals surface area contributed by atoms with Crippen LogP contribution in [0.15, 0.2) is 30.5 Å². The van der Waals surface area contributed by atoms with E-state index in [4.69, 9.17) is 11.6 Å². The van der Waals surface area contributed by atoms with Gasteiger partial charge >= 0.3 is 0 Å². The van der Waals surface area contributed by atoms with Gasteiger partial charge in [-0.25, -0.2) is 9.50 Å². The van der Waals surface area contributed by atoms with Gasteiger partial charge in [-0.15, -0.1) is 5.10 Å². The number of carbonyl (C=O) groups is 1. The summed E-state index contributed by atoms with van der Waals surface area (Å²) in [6, 6.07) is 7.35. The lowest BCUT2D eigenvalue weighted by Gasteiger charge is -2.31. The number of imidazole rings is 1. The van der Waals surface area contributed by atoms with Crippen LogP contribution in [0.25, 0.3) is 16.2 Å². The Labute approximate surface area is 141 Å². The van der Waals surface area contributed by atoms with Crippen molar-refractivity contribution in [3.8, 4) is 11.3 Å². The van der Waals surface area contributed by atoms with Gasteiger partial charge in [-0.05, 0) is 19.1 Å². The maximum absolute atomic E-state index is 11.8. The second kappa shape index (κ2) is 5.50. The molecule has 4 rings (SSSR count). The first-order valence-electron chi connectivity index (χ1n) is 7.28. The van der Waals surface area contributed by atoms with E-state index in [-0.39, 0.29) is 11.9 Å². The minimum atomic E-state index is -0.213. The number of aromatic nitrogens is 3. The Kier molecular flexibility index (Phi) is 3.46. The van der Waals surface area contributed by atoms with E-state index in [1.165, 1.54) is 11.3 Å². The molecule has 0 spiro atoms. The number of hydrogen-bond acceptors (Lipinski definition) is 5. The molecule has 0 aliphatic carbocycles. The van der Waals surface area contributed by atoms with Crippen molar-refractivity contribution < 1.29 is 4.79 Å². The third-order valence-electron chi connectivity index (χ3n) is 3.92.